The van der Waals surface area contributed by atoms with E-state index < -0.39 is 6.04 Å². The molecule has 0 aliphatic carbocycles. The van der Waals surface area contributed by atoms with E-state index in [2.05, 4.69) is 12.2 Å². The summed E-state index contributed by atoms with van der Waals surface area (Å²) in [6.45, 7) is 8.11. The van der Waals surface area contributed by atoms with Gasteiger partial charge in [0, 0.05) is 6.92 Å². The van der Waals surface area contributed by atoms with Crippen LogP contribution >= 0.6 is 0 Å². The Labute approximate surface area is 149 Å². The fraction of sp³-hybridized carbons (Fsp3) is 0.900. The molecule has 0 saturated heterocycles. The number of unbranched alkanes of at least 4 members (excludes halogenated alkanes) is 9. The monoisotopic (exact) mass is 341 g/mol. The van der Waals surface area contributed by atoms with Gasteiger partial charge in [-0.05, 0) is 12.3 Å². The molecule has 142 valence electrons. The first-order chi connectivity index (χ1) is 11.5. The van der Waals surface area contributed by atoms with Crippen LogP contribution in [0.4, 0.5) is 0 Å². The van der Waals surface area contributed by atoms with Crippen LogP contribution < -0.4 is 5.32 Å². The first-order valence-corrected chi connectivity index (χ1v) is 9.96. The molecule has 0 rings (SSSR count). The molecule has 0 aromatic rings. The van der Waals surface area contributed by atoms with E-state index in [1.807, 2.05) is 13.8 Å². The molecule has 0 aliphatic heterocycles. The summed E-state index contributed by atoms with van der Waals surface area (Å²) in [4.78, 5) is 23.3. The van der Waals surface area contributed by atoms with Crippen LogP contribution in [0.3, 0.4) is 0 Å². The second-order valence-electron chi connectivity index (χ2n) is 6.91. The zero-order valence-electron chi connectivity index (χ0n) is 16.4. The quantitative estimate of drug-likeness (QED) is 0.337. The third kappa shape index (κ3) is 12.4. The average molecular weight is 342 g/mol. The molecule has 0 aromatic carbocycles. The zero-order chi connectivity index (χ0) is 18.2. The Morgan fingerprint density at radius 1 is 0.875 bits per heavy atom. The number of ether oxygens (including phenoxy) is 1. The van der Waals surface area contributed by atoms with Crippen LogP contribution in [0.1, 0.15) is 98.3 Å². The van der Waals surface area contributed by atoms with Crippen LogP contribution in [0.15, 0.2) is 0 Å². The summed E-state index contributed by atoms with van der Waals surface area (Å²) >= 11 is 0. The Morgan fingerprint density at radius 3 is 1.83 bits per heavy atom. The van der Waals surface area contributed by atoms with Crippen molar-refractivity contribution < 1.29 is 14.3 Å². The van der Waals surface area contributed by atoms with Crippen molar-refractivity contribution in [3.63, 3.8) is 0 Å². The lowest BCUT2D eigenvalue weighted by Crippen LogP contribution is -2.45. The van der Waals surface area contributed by atoms with Gasteiger partial charge < -0.3 is 10.1 Å². The van der Waals surface area contributed by atoms with Crippen LogP contribution in [0.25, 0.3) is 0 Å². The fourth-order valence-corrected chi connectivity index (χ4v) is 2.74. The van der Waals surface area contributed by atoms with Crippen LogP contribution in [0, 0.1) is 5.92 Å². The van der Waals surface area contributed by atoms with Gasteiger partial charge >= 0.3 is 5.97 Å². The van der Waals surface area contributed by atoms with Crippen molar-refractivity contribution in [2.75, 3.05) is 6.61 Å². The van der Waals surface area contributed by atoms with Crippen LogP contribution in [0.5, 0.6) is 0 Å². The summed E-state index contributed by atoms with van der Waals surface area (Å²) in [5.74, 6) is -0.388. The third-order valence-corrected chi connectivity index (χ3v) is 4.57. The molecule has 0 aromatic heterocycles. The Balaban J connectivity index is 3.67. The molecule has 4 heteroatoms. The Morgan fingerprint density at radius 2 is 1.38 bits per heavy atom. The van der Waals surface area contributed by atoms with Gasteiger partial charge in [-0.3, -0.25) is 4.79 Å². The van der Waals surface area contributed by atoms with Crippen molar-refractivity contribution >= 4 is 11.9 Å². The molecule has 0 bridgehead atoms. The van der Waals surface area contributed by atoms with Gasteiger partial charge in [-0.25, -0.2) is 4.79 Å². The Hall–Kier alpha value is -1.06. The van der Waals surface area contributed by atoms with Crippen molar-refractivity contribution in [1.29, 1.82) is 0 Å². The van der Waals surface area contributed by atoms with Crippen molar-refractivity contribution in [1.82, 2.24) is 5.32 Å². The highest BCUT2D eigenvalue weighted by atomic mass is 16.5. The molecule has 0 unspecified atom stereocenters. The number of carbonyl (C=O) groups is 2. The minimum Gasteiger partial charge on any atom is -0.464 e. The summed E-state index contributed by atoms with van der Waals surface area (Å²) in [5, 5.41) is 2.71. The van der Waals surface area contributed by atoms with E-state index in [0.29, 0.717) is 6.61 Å². The Kier molecular flexibility index (Phi) is 14.8. The smallest absolute Gasteiger partial charge is 0.328 e. The summed E-state index contributed by atoms with van der Waals surface area (Å²) in [6, 6.07) is -0.518. The summed E-state index contributed by atoms with van der Waals surface area (Å²) in [5.41, 5.74) is 0. The maximum absolute atomic E-state index is 12.1. The van der Waals surface area contributed by atoms with Crippen molar-refractivity contribution in [2.45, 2.75) is 104 Å². The van der Waals surface area contributed by atoms with Crippen molar-refractivity contribution in [3.05, 3.63) is 0 Å². The number of amides is 1. The fourth-order valence-electron chi connectivity index (χ4n) is 2.74. The van der Waals surface area contributed by atoms with Gasteiger partial charge in [0.15, 0.2) is 0 Å². The van der Waals surface area contributed by atoms with E-state index >= 15 is 0 Å². The first kappa shape index (κ1) is 22.9. The summed E-state index contributed by atoms with van der Waals surface area (Å²) in [7, 11) is 0. The third-order valence-electron chi connectivity index (χ3n) is 4.57. The molecule has 24 heavy (non-hydrogen) atoms. The molecule has 0 aliphatic rings. The number of rotatable bonds is 15. The highest BCUT2D eigenvalue weighted by Gasteiger charge is 2.26. The topological polar surface area (TPSA) is 55.4 Å². The minimum absolute atomic E-state index is 0.0918. The number of carbonyl (C=O) groups excluding carboxylic acids is 2. The molecular formula is C20H39NO3. The second kappa shape index (κ2) is 15.5. The predicted molar refractivity (Wildman–Crippen MR) is 99.9 cm³/mol. The summed E-state index contributed by atoms with van der Waals surface area (Å²) < 4.78 is 5.35. The van der Waals surface area contributed by atoms with Gasteiger partial charge in [-0.2, -0.15) is 0 Å². The van der Waals surface area contributed by atoms with Gasteiger partial charge in [0.2, 0.25) is 5.91 Å². The largest absolute Gasteiger partial charge is 0.464 e. The maximum atomic E-state index is 12.1. The first-order valence-electron chi connectivity index (χ1n) is 9.96. The van der Waals surface area contributed by atoms with Gasteiger partial charge in [-0.1, -0.05) is 85.0 Å². The number of nitrogens with one attached hydrogen (secondary N) is 1. The molecule has 4 nitrogen and oxygen atoms in total. The van der Waals surface area contributed by atoms with E-state index in [-0.39, 0.29) is 17.8 Å². The van der Waals surface area contributed by atoms with Crippen LogP contribution in [-0.4, -0.2) is 24.5 Å². The van der Waals surface area contributed by atoms with Crippen molar-refractivity contribution in [2.24, 2.45) is 5.92 Å². The predicted octanol–water partition coefficient (Wildman–Crippen LogP) is 5.00. The molecule has 0 saturated carbocycles. The standard InChI is InChI=1S/C20H39NO3/c1-5-7-8-9-10-11-12-13-14-15-16-24-20(23)19(17(3)6-2)21-18(4)22/h17,19H,5-16H2,1-4H3,(H,21,22)/t17-,19-/m0/s1. The van der Waals surface area contributed by atoms with Gasteiger partial charge in [0.05, 0.1) is 6.61 Å². The molecule has 2 atom stereocenters. The highest BCUT2D eigenvalue weighted by Crippen LogP contribution is 2.12. The average Bonchev–Trinajstić information content (AvgIpc) is 2.56. The van der Waals surface area contributed by atoms with Gasteiger partial charge in [0.1, 0.15) is 6.04 Å². The van der Waals surface area contributed by atoms with E-state index in [1.54, 1.807) is 0 Å². The molecule has 1 N–H and O–H groups in total. The molecular weight excluding hydrogens is 302 g/mol. The van der Waals surface area contributed by atoms with E-state index in [0.717, 1.165) is 19.3 Å². The van der Waals surface area contributed by atoms with Crippen LogP contribution in [0.2, 0.25) is 0 Å². The van der Waals surface area contributed by atoms with Crippen molar-refractivity contribution in [3.8, 4) is 0 Å². The summed E-state index contributed by atoms with van der Waals surface area (Å²) in [6.07, 6.45) is 13.4. The zero-order valence-corrected chi connectivity index (χ0v) is 16.4. The van der Waals surface area contributed by atoms with Gasteiger partial charge in [-0.15, -0.1) is 0 Å². The number of hydrogen-bond donors (Lipinski definition) is 1. The number of hydrogen-bond acceptors (Lipinski definition) is 3. The lowest BCUT2D eigenvalue weighted by atomic mass is 9.99. The lowest BCUT2D eigenvalue weighted by molar-refractivity contribution is -0.149. The highest BCUT2D eigenvalue weighted by molar-refractivity contribution is 5.83. The lowest BCUT2D eigenvalue weighted by Gasteiger charge is -2.22. The maximum Gasteiger partial charge on any atom is 0.328 e. The van der Waals surface area contributed by atoms with Crippen LogP contribution in [-0.2, 0) is 14.3 Å². The molecule has 0 fully saturated rings. The minimum atomic E-state index is -0.518. The molecule has 0 spiro atoms. The van der Waals surface area contributed by atoms with E-state index in [4.69, 9.17) is 4.74 Å². The Bertz CT molecular complexity index is 331. The van der Waals surface area contributed by atoms with E-state index in [9.17, 15) is 9.59 Å². The number of esters is 1. The van der Waals surface area contributed by atoms with Gasteiger partial charge in [0.25, 0.3) is 0 Å². The molecule has 1 amide bonds. The SMILES string of the molecule is CCCCCCCCCCCCOC(=O)[C@@H](NC(C)=O)[C@@H](C)CC. The molecule has 0 radical (unpaired) electrons. The van der Waals surface area contributed by atoms with E-state index in [1.165, 1.54) is 58.3 Å². The normalized spacial score (nSPS) is 13.3. The molecule has 0 heterocycles. The second-order valence-corrected chi connectivity index (χ2v) is 6.91.